The van der Waals surface area contributed by atoms with E-state index >= 15 is 0 Å². The van der Waals surface area contributed by atoms with Gasteiger partial charge in [0.1, 0.15) is 0 Å². The summed E-state index contributed by atoms with van der Waals surface area (Å²) in [6.07, 6.45) is 0. The Kier molecular flexibility index (Phi) is 3.47. The van der Waals surface area contributed by atoms with Gasteiger partial charge in [-0.05, 0) is 13.8 Å². The highest BCUT2D eigenvalue weighted by Crippen LogP contribution is 2.25. The fourth-order valence-electron chi connectivity index (χ4n) is 0.526. The summed E-state index contributed by atoms with van der Waals surface area (Å²) in [5, 5.41) is 0. The molecule has 0 aromatic carbocycles. The van der Waals surface area contributed by atoms with Gasteiger partial charge in [0, 0.05) is 0 Å². The van der Waals surface area contributed by atoms with Crippen LogP contribution in [0.4, 0.5) is 0 Å². The third-order valence-electron chi connectivity index (χ3n) is 1.64. The summed E-state index contributed by atoms with van der Waals surface area (Å²) < 4.78 is 50.7. The molecule has 13 heavy (non-hydrogen) atoms. The van der Waals surface area contributed by atoms with E-state index in [-0.39, 0.29) is 0 Å². The molecule has 0 saturated carbocycles. The standard InChI is InChI=1S/C5H12O6S2/c1-5(2,12(6,7)10-3)13(8,9)11-4/h1-4H3. The van der Waals surface area contributed by atoms with Crippen LogP contribution in [0.3, 0.4) is 0 Å². The molecule has 0 saturated heterocycles. The van der Waals surface area contributed by atoms with E-state index in [2.05, 4.69) is 8.37 Å². The van der Waals surface area contributed by atoms with Gasteiger partial charge in [0.25, 0.3) is 20.2 Å². The maximum absolute atomic E-state index is 11.1. The third kappa shape index (κ3) is 2.01. The van der Waals surface area contributed by atoms with E-state index in [9.17, 15) is 16.8 Å². The van der Waals surface area contributed by atoms with E-state index < -0.39 is 24.3 Å². The molecule has 6 nitrogen and oxygen atoms in total. The molecule has 8 heteroatoms. The van der Waals surface area contributed by atoms with Gasteiger partial charge < -0.3 is 0 Å². The summed E-state index contributed by atoms with van der Waals surface area (Å²) >= 11 is 0. The molecule has 0 heterocycles. The molecule has 0 fully saturated rings. The first-order valence-corrected chi connectivity index (χ1v) is 6.04. The molecule has 0 spiro atoms. The van der Waals surface area contributed by atoms with E-state index in [0.717, 1.165) is 28.1 Å². The van der Waals surface area contributed by atoms with Crippen molar-refractivity contribution in [2.45, 2.75) is 17.9 Å². The van der Waals surface area contributed by atoms with E-state index in [1.165, 1.54) is 0 Å². The van der Waals surface area contributed by atoms with Crippen molar-refractivity contribution in [1.82, 2.24) is 0 Å². The monoisotopic (exact) mass is 232 g/mol. The lowest BCUT2D eigenvalue weighted by Gasteiger charge is -2.21. The zero-order valence-electron chi connectivity index (χ0n) is 7.77. The Morgan fingerprint density at radius 2 is 1.08 bits per heavy atom. The van der Waals surface area contributed by atoms with Crippen LogP contribution in [0, 0.1) is 0 Å². The molecular formula is C5H12O6S2. The highest BCUT2D eigenvalue weighted by molar-refractivity contribution is 8.06. The van der Waals surface area contributed by atoms with Crippen molar-refractivity contribution < 1.29 is 25.2 Å². The molecule has 0 aliphatic carbocycles. The third-order valence-corrected chi connectivity index (χ3v) is 6.15. The fraction of sp³-hybridized carbons (Fsp3) is 1.00. The van der Waals surface area contributed by atoms with E-state index in [4.69, 9.17) is 0 Å². The van der Waals surface area contributed by atoms with Crippen molar-refractivity contribution in [3.63, 3.8) is 0 Å². The minimum absolute atomic E-state index is 0.891. The lowest BCUT2D eigenvalue weighted by atomic mass is 10.5. The Hall–Kier alpha value is -0.180. The average Bonchev–Trinajstić information content (AvgIpc) is 2.03. The van der Waals surface area contributed by atoms with Crippen molar-refractivity contribution in [2.24, 2.45) is 0 Å². The van der Waals surface area contributed by atoms with Crippen LogP contribution in [0.2, 0.25) is 0 Å². The van der Waals surface area contributed by atoms with Gasteiger partial charge in [-0.25, -0.2) is 0 Å². The van der Waals surface area contributed by atoms with Crippen LogP contribution in [-0.4, -0.2) is 35.1 Å². The molecule has 0 radical (unpaired) electrons. The zero-order chi connectivity index (χ0) is 10.9. The van der Waals surface area contributed by atoms with Gasteiger partial charge in [-0.3, -0.25) is 8.37 Å². The first-order chi connectivity index (χ1) is 5.62. The molecule has 0 amide bonds. The van der Waals surface area contributed by atoms with Crippen LogP contribution in [0.15, 0.2) is 0 Å². The molecule has 0 bridgehead atoms. The van der Waals surface area contributed by atoms with Gasteiger partial charge in [-0.1, -0.05) is 0 Å². The summed E-state index contributed by atoms with van der Waals surface area (Å²) in [6.45, 7) is 1.98. The molecule has 0 unspecified atom stereocenters. The topological polar surface area (TPSA) is 86.7 Å². The van der Waals surface area contributed by atoms with Crippen LogP contribution in [0.1, 0.15) is 13.8 Å². The molecule has 0 aromatic heterocycles. The van der Waals surface area contributed by atoms with Crippen LogP contribution >= 0.6 is 0 Å². The van der Waals surface area contributed by atoms with E-state index in [1.54, 1.807) is 0 Å². The Labute approximate surface area is 78.1 Å². The SMILES string of the molecule is COS(=O)(=O)C(C)(C)S(=O)(=O)OC. The molecule has 80 valence electrons. The predicted octanol–water partition coefficient (Wildman–Crippen LogP) is -0.325. The summed E-state index contributed by atoms with van der Waals surface area (Å²) in [6, 6.07) is 0. The molecule has 0 aromatic rings. The lowest BCUT2D eigenvalue weighted by Crippen LogP contribution is -2.41. The Morgan fingerprint density at radius 3 is 1.23 bits per heavy atom. The Morgan fingerprint density at radius 1 is 0.846 bits per heavy atom. The molecule has 0 atom stereocenters. The van der Waals surface area contributed by atoms with E-state index in [0.29, 0.717) is 0 Å². The van der Waals surface area contributed by atoms with Crippen molar-refractivity contribution in [1.29, 1.82) is 0 Å². The van der Waals surface area contributed by atoms with Gasteiger partial charge in [0.15, 0.2) is 0 Å². The zero-order valence-corrected chi connectivity index (χ0v) is 9.40. The summed E-state index contributed by atoms with van der Waals surface area (Å²) in [7, 11) is -6.58. The quantitative estimate of drug-likeness (QED) is 0.617. The number of rotatable bonds is 4. The molecule has 0 aliphatic rings. The second-order valence-electron chi connectivity index (χ2n) is 2.64. The lowest BCUT2D eigenvalue weighted by molar-refractivity contribution is 0.360. The van der Waals surface area contributed by atoms with Gasteiger partial charge >= 0.3 is 0 Å². The van der Waals surface area contributed by atoms with Crippen molar-refractivity contribution in [3.8, 4) is 0 Å². The van der Waals surface area contributed by atoms with Gasteiger partial charge in [0.05, 0.1) is 14.2 Å². The normalized spacial score (nSPS) is 14.5. The van der Waals surface area contributed by atoms with Crippen LogP contribution in [0.5, 0.6) is 0 Å². The molecular weight excluding hydrogens is 220 g/mol. The number of hydrogen-bond donors (Lipinski definition) is 0. The first-order valence-electron chi connectivity index (χ1n) is 3.22. The number of hydrogen-bond acceptors (Lipinski definition) is 6. The summed E-state index contributed by atoms with van der Waals surface area (Å²) in [5.74, 6) is 0. The summed E-state index contributed by atoms with van der Waals surface area (Å²) in [5.41, 5.74) is 0. The van der Waals surface area contributed by atoms with E-state index in [1.807, 2.05) is 0 Å². The second kappa shape index (κ2) is 3.52. The van der Waals surface area contributed by atoms with Gasteiger partial charge in [-0.15, -0.1) is 0 Å². The minimum Gasteiger partial charge on any atom is -0.272 e. The van der Waals surface area contributed by atoms with Crippen LogP contribution < -0.4 is 0 Å². The molecule has 0 N–H and O–H groups in total. The van der Waals surface area contributed by atoms with Crippen LogP contribution in [-0.2, 0) is 28.6 Å². The molecule has 0 rings (SSSR count). The summed E-state index contributed by atoms with van der Waals surface area (Å²) in [4.78, 5) is 0. The molecule has 0 aliphatic heterocycles. The average molecular weight is 232 g/mol. The maximum atomic E-state index is 11.1. The minimum atomic E-state index is -4.18. The smallest absolute Gasteiger partial charge is 0.272 e. The van der Waals surface area contributed by atoms with Gasteiger partial charge in [-0.2, -0.15) is 16.8 Å². The van der Waals surface area contributed by atoms with Crippen LogP contribution in [0.25, 0.3) is 0 Å². The largest absolute Gasteiger partial charge is 0.289 e. The Bertz CT molecular complexity index is 326. The fourth-order valence-corrected chi connectivity index (χ4v) is 2.74. The second-order valence-corrected chi connectivity index (χ2v) is 7.42. The Balaban J connectivity index is 5.49. The van der Waals surface area contributed by atoms with Crippen molar-refractivity contribution in [3.05, 3.63) is 0 Å². The maximum Gasteiger partial charge on any atom is 0.289 e. The highest BCUT2D eigenvalue weighted by Gasteiger charge is 2.48. The predicted molar refractivity (Wildman–Crippen MR) is 45.9 cm³/mol. The van der Waals surface area contributed by atoms with Gasteiger partial charge in [0.2, 0.25) is 4.08 Å². The first kappa shape index (κ1) is 12.8. The van der Waals surface area contributed by atoms with Crippen molar-refractivity contribution in [2.75, 3.05) is 14.2 Å². The van der Waals surface area contributed by atoms with Crippen molar-refractivity contribution >= 4 is 20.2 Å². The highest BCUT2D eigenvalue weighted by atomic mass is 32.3.